The Morgan fingerprint density at radius 3 is 2.45 bits per heavy atom. The van der Waals surface area contributed by atoms with Crippen LogP contribution < -0.4 is 4.74 Å². The van der Waals surface area contributed by atoms with Gasteiger partial charge in [0.1, 0.15) is 17.4 Å². The van der Waals surface area contributed by atoms with Gasteiger partial charge in [-0.1, -0.05) is 6.07 Å². The van der Waals surface area contributed by atoms with Crippen LogP contribution in [-0.4, -0.2) is 36.3 Å². The average molecular weight is 401 g/mol. The van der Waals surface area contributed by atoms with E-state index < -0.39 is 23.3 Å². The maximum absolute atomic E-state index is 13.8. The molecule has 1 saturated heterocycles. The van der Waals surface area contributed by atoms with E-state index in [2.05, 4.69) is 0 Å². The summed E-state index contributed by atoms with van der Waals surface area (Å²) in [5.74, 6) is -1.43. The molecule has 1 aliphatic heterocycles. The highest BCUT2D eigenvalue weighted by Crippen LogP contribution is 2.24. The fourth-order valence-electron chi connectivity index (χ4n) is 3.52. The molecule has 1 heterocycles. The normalized spacial score (nSPS) is 14.7. The second kappa shape index (κ2) is 9.16. The first-order valence-electron chi connectivity index (χ1n) is 9.82. The lowest BCUT2D eigenvalue weighted by Gasteiger charge is -2.31. The molecule has 154 valence electrons. The first kappa shape index (κ1) is 21.0. The Bertz CT molecular complexity index is 905. The van der Waals surface area contributed by atoms with Crippen LogP contribution in [0.25, 0.3) is 0 Å². The van der Waals surface area contributed by atoms with Crippen LogP contribution in [0, 0.1) is 31.4 Å². The van der Waals surface area contributed by atoms with Crippen LogP contribution in [0.2, 0.25) is 0 Å². The van der Waals surface area contributed by atoms with Gasteiger partial charge in [0, 0.05) is 19.0 Å². The predicted molar refractivity (Wildman–Crippen MR) is 106 cm³/mol. The zero-order valence-electron chi connectivity index (χ0n) is 16.7. The third-order valence-corrected chi connectivity index (χ3v) is 5.48. The van der Waals surface area contributed by atoms with Gasteiger partial charge in [-0.2, -0.15) is 0 Å². The third kappa shape index (κ3) is 5.19. The molecule has 0 spiro atoms. The van der Waals surface area contributed by atoms with Gasteiger partial charge in [-0.25, -0.2) is 8.78 Å². The molecule has 0 radical (unpaired) electrons. The summed E-state index contributed by atoms with van der Waals surface area (Å²) in [7, 11) is 0. The summed E-state index contributed by atoms with van der Waals surface area (Å²) in [6.45, 7) is 5.18. The lowest BCUT2D eigenvalue weighted by atomic mass is 9.88. The SMILES string of the molecule is Cc1ccc(OCCC(=O)N2CCC(C(=O)c3cc(F)ccc3F)CC2)cc1C. The molecule has 2 aromatic rings. The highest BCUT2D eigenvalue weighted by atomic mass is 19.1. The molecule has 0 bridgehead atoms. The van der Waals surface area contributed by atoms with Gasteiger partial charge in [-0.3, -0.25) is 9.59 Å². The molecule has 1 amide bonds. The van der Waals surface area contributed by atoms with Gasteiger partial charge in [0.2, 0.25) is 5.91 Å². The maximum Gasteiger partial charge on any atom is 0.225 e. The van der Waals surface area contributed by atoms with Crippen molar-refractivity contribution in [3.63, 3.8) is 0 Å². The van der Waals surface area contributed by atoms with Crippen molar-refractivity contribution in [2.45, 2.75) is 33.1 Å². The zero-order valence-corrected chi connectivity index (χ0v) is 16.7. The number of carbonyl (C=O) groups excluding carboxylic acids is 2. The fraction of sp³-hybridized carbons (Fsp3) is 0.391. The summed E-state index contributed by atoms with van der Waals surface area (Å²) in [5, 5.41) is 0. The van der Waals surface area contributed by atoms with Crippen molar-refractivity contribution in [2.75, 3.05) is 19.7 Å². The van der Waals surface area contributed by atoms with Gasteiger partial charge < -0.3 is 9.64 Å². The molecule has 1 aliphatic rings. The number of amides is 1. The summed E-state index contributed by atoms with van der Waals surface area (Å²) >= 11 is 0. The second-order valence-corrected chi connectivity index (χ2v) is 7.49. The lowest BCUT2D eigenvalue weighted by Crippen LogP contribution is -2.40. The summed E-state index contributed by atoms with van der Waals surface area (Å²) in [6, 6.07) is 8.72. The molecule has 0 unspecified atom stereocenters. The van der Waals surface area contributed by atoms with E-state index in [1.54, 1.807) is 4.90 Å². The maximum atomic E-state index is 13.8. The number of hydrogen-bond donors (Lipinski definition) is 0. The monoisotopic (exact) mass is 401 g/mol. The Hall–Kier alpha value is -2.76. The number of benzene rings is 2. The number of ketones is 1. The molecule has 0 aromatic heterocycles. The molecule has 0 atom stereocenters. The molecular weight excluding hydrogens is 376 g/mol. The van der Waals surface area contributed by atoms with E-state index in [-0.39, 0.29) is 24.5 Å². The topological polar surface area (TPSA) is 46.6 Å². The van der Waals surface area contributed by atoms with E-state index in [4.69, 9.17) is 4.74 Å². The molecule has 1 fully saturated rings. The number of carbonyl (C=O) groups is 2. The Kier molecular flexibility index (Phi) is 6.62. The number of rotatable bonds is 6. The molecular formula is C23H25F2NO3. The molecule has 0 aliphatic carbocycles. The van der Waals surface area contributed by atoms with Crippen molar-refractivity contribution in [3.05, 3.63) is 64.7 Å². The van der Waals surface area contributed by atoms with Crippen LogP contribution >= 0.6 is 0 Å². The van der Waals surface area contributed by atoms with Crippen LogP contribution in [0.1, 0.15) is 40.7 Å². The molecule has 0 N–H and O–H groups in total. The Labute approximate surface area is 169 Å². The van der Waals surface area contributed by atoms with E-state index >= 15 is 0 Å². The number of ether oxygens (including phenoxy) is 1. The van der Waals surface area contributed by atoms with Crippen molar-refractivity contribution in [3.8, 4) is 5.75 Å². The summed E-state index contributed by atoms with van der Waals surface area (Å²) < 4.78 is 32.8. The number of hydrogen-bond acceptors (Lipinski definition) is 3. The minimum absolute atomic E-state index is 0.0309. The van der Waals surface area contributed by atoms with Gasteiger partial charge in [0.15, 0.2) is 5.78 Å². The summed E-state index contributed by atoms with van der Waals surface area (Å²) in [4.78, 5) is 26.6. The molecule has 3 rings (SSSR count). The van der Waals surface area contributed by atoms with Gasteiger partial charge in [-0.05, 0) is 68.1 Å². The third-order valence-electron chi connectivity index (χ3n) is 5.48. The van der Waals surface area contributed by atoms with Gasteiger partial charge in [0.25, 0.3) is 0 Å². The predicted octanol–water partition coefficient (Wildman–Crippen LogP) is 4.47. The minimum Gasteiger partial charge on any atom is -0.493 e. The molecule has 29 heavy (non-hydrogen) atoms. The van der Waals surface area contributed by atoms with E-state index in [1.807, 2.05) is 32.0 Å². The minimum atomic E-state index is -0.710. The summed E-state index contributed by atoms with van der Waals surface area (Å²) in [6.07, 6.45) is 1.14. The summed E-state index contributed by atoms with van der Waals surface area (Å²) in [5.41, 5.74) is 2.11. The fourth-order valence-corrected chi connectivity index (χ4v) is 3.52. The van der Waals surface area contributed by atoms with Crippen molar-refractivity contribution < 1.29 is 23.1 Å². The smallest absolute Gasteiger partial charge is 0.225 e. The average Bonchev–Trinajstić information content (AvgIpc) is 2.72. The Morgan fingerprint density at radius 2 is 1.76 bits per heavy atom. The van der Waals surface area contributed by atoms with E-state index in [9.17, 15) is 18.4 Å². The van der Waals surface area contributed by atoms with Gasteiger partial charge in [0.05, 0.1) is 18.6 Å². The number of aryl methyl sites for hydroxylation is 2. The van der Waals surface area contributed by atoms with Crippen LogP contribution in [0.3, 0.4) is 0 Å². The first-order chi connectivity index (χ1) is 13.8. The van der Waals surface area contributed by atoms with E-state index in [1.165, 1.54) is 5.56 Å². The quantitative estimate of drug-likeness (QED) is 0.671. The lowest BCUT2D eigenvalue weighted by molar-refractivity contribution is -0.132. The highest BCUT2D eigenvalue weighted by molar-refractivity contribution is 5.98. The highest BCUT2D eigenvalue weighted by Gasteiger charge is 2.29. The second-order valence-electron chi connectivity index (χ2n) is 7.49. The number of Topliss-reactive ketones (excluding diaryl/α,β-unsaturated/α-hetero) is 1. The standard InChI is InChI=1S/C23H25F2NO3/c1-15-3-5-19(13-16(15)2)29-12-9-22(27)26-10-7-17(8-11-26)23(28)20-14-18(24)4-6-21(20)25/h3-6,13-14,17H,7-12H2,1-2H3. The van der Waals surface area contributed by atoms with Crippen molar-refractivity contribution in [2.24, 2.45) is 5.92 Å². The Balaban J connectivity index is 1.47. The van der Waals surface area contributed by atoms with E-state index in [0.717, 1.165) is 29.5 Å². The van der Waals surface area contributed by atoms with Crippen LogP contribution in [0.5, 0.6) is 5.75 Å². The Morgan fingerprint density at radius 1 is 1.03 bits per heavy atom. The van der Waals surface area contributed by atoms with Crippen LogP contribution in [0.15, 0.2) is 36.4 Å². The van der Waals surface area contributed by atoms with Gasteiger partial charge in [-0.15, -0.1) is 0 Å². The zero-order chi connectivity index (χ0) is 21.0. The molecule has 0 saturated carbocycles. The van der Waals surface area contributed by atoms with E-state index in [0.29, 0.717) is 25.9 Å². The van der Waals surface area contributed by atoms with Crippen LogP contribution in [-0.2, 0) is 4.79 Å². The number of nitrogens with zero attached hydrogens (tertiary/aromatic N) is 1. The number of piperidine rings is 1. The first-order valence-corrected chi connectivity index (χ1v) is 9.82. The molecule has 2 aromatic carbocycles. The largest absolute Gasteiger partial charge is 0.493 e. The number of halogens is 2. The van der Waals surface area contributed by atoms with Crippen LogP contribution in [0.4, 0.5) is 8.78 Å². The van der Waals surface area contributed by atoms with Crippen molar-refractivity contribution in [1.29, 1.82) is 0 Å². The van der Waals surface area contributed by atoms with Crippen molar-refractivity contribution >= 4 is 11.7 Å². The molecule has 4 nitrogen and oxygen atoms in total. The number of likely N-dealkylation sites (tertiary alicyclic amines) is 1. The van der Waals surface area contributed by atoms with Crippen molar-refractivity contribution in [1.82, 2.24) is 4.90 Å². The molecule has 6 heteroatoms. The van der Waals surface area contributed by atoms with Gasteiger partial charge >= 0.3 is 0 Å².